The van der Waals surface area contributed by atoms with Crippen LogP contribution in [-0.4, -0.2) is 14.5 Å². The van der Waals surface area contributed by atoms with Crippen molar-refractivity contribution in [3.8, 4) is 11.6 Å². The van der Waals surface area contributed by atoms with Crippen molar-refractivity contribution in [2.45, 2.75) is 32.4 Å². The molecule has 2 heterocycles. The number of nitrogens with zero attached hydrogens (tertiary/aromatic N) is 3. The third-order valence-corrected chi connectivity index (χ3v) is 5.15. The average molecular weight is 530 g/mol. The Bertz CT molecular complexity index is 1430. The fourth-order valence-corrected chi connectivity index (χ4v) is 3.38. The number of ether oxygens (including phenoxy) is 1. The van der Waals surface area contributed by atoms with E-state index in [9.17, 15) is 31.1 Å². The minimum atomic E-state index is -4.78. The molecule has 0 saturated carbocycles. The van der Waals surface area contributed by atoms with Gasteiger partial charge < -0.3 is 9.30 Å². The molecule has 0 fully saturated rings. The van der Waals surface area contributed by atoms with E-state index in [0.717, 1.165) is 24.7 Å². The number of hydrogen-bond acceptors (Lipinski definition) is 4. The van der Waals surface area contributed by atoms with Crippen molar-refractivity contribution in [2.75, 3.05) is 0 Å². The number of rotatable bonds is 5. The van der Waals surface area contributed by atoms with Gasteiger partial charge in [-0.3, -0.25) is 4.79 Å². The maximum absolute atomic E-state index is 14.1. The molecule has 0 bridgehead atoms. The Hall–Kier alpha value is -3.60. The highest BCUT2D eigenvalue weighted by Crippen LogP contribution is 2.37. The predicted octanol–water partition coefficient (Wildman–Crippen LogP) is 6.83. The lowest BCUT2D eigenvalue weighted by molar-refractivity contribution is -0.138. The van der Waals surface area contributed by atoms with Gasteiger partial charge in [0.05, 0.1) is 23.8 Å². The maximum Gasteiger partial charge on any atom is 0.421 e. The standard InChI is InChI=1S/C22H12ClF6N3O2.C2H6/c23-7-11-3-16(22(27,28)29)21(30-8-11)34-13-1-2-19-14(6-13)20(33)31-10-32(19)9-15-17(25)4-12(24)5-18(15)26;1-2/h1-6,8,10H,7,9H2;1-2H3. The van der Waals surface area contributed by atoms with Gasteiger partial charge in [0, 0.05) is 29.8 Å². The summed E-state index contributed by atoms with van der Waals surface area (Å²) in [7, 11) is 0. The molecular weight excluding hydrogens is 512 g/mol. The van der Waals surface area contributed by atoms with Gasteiger partial charge in [-0.1, -0.05) is 13.8 Å². The molecule has 0 spiro atoms. The van der Waals surface area contributed by atoms with E-state index in [1.54, 1.807) is 0 Å². The van der Waals surface area contributed by atoms with E-state index in [-0.39, 0.29) is 28.1 Å². The summed E-state index contributed by atoms with van der Waals surface area (Å²) in [4.78, 5) is 19.6. The van der Waals surface area contributed by atoms with Gasteiger partial charge in [-0.15, -0.1) is 11.6 Å². The molecule has 0 aliphatic carbocycles. The number of pyridine rings is 1. The van der Waals surface area contributed by atoms with Crippen LogP contribution in [0.15, 0.2) is 53.7 Å². The van der Waals surface area contributed by atoms with E-state index in [1.165, 1.54) is 16.7 Å². The molecule has 0 saturated heterocycles. The largest absolute Gasteiger partial charge is 0.438 e. The Morgan fingerprint density at radius 2 is 1.67 bits per heavy atom. The van der Waals surface area contributed by atoms with Gasteiger partial charge in [0.15, 0.2) is 0 Å². The lowest BCUT2D eigenvalue weighted by Gasteiger charge is -2.15. The second kappa shape index (κ2) is 11.0. The molecule has 190 valence electrons. The van der Waals surface area contributed by atoms with Crippen LogP contribution in [0.4, 0.5) is 26.3 Å². The molecule has 0 N–H and O–H groups in total. The molecule has 4 rings (SSSR count). The summed E-state index contributed by atoms with van der Waals surface area (Å²) < 4.78 is 88.1. The van der Waals surface area contributed by atoms with E-state index in [1.807, 2.05) is 13.8 Å². The van der Waals surface area contributed by atoms with Crippen molar-refractivity contribution in [1.82, 2.24) is 14.5 Å². The zero-order valence-electron chi connectivity index (χ0n) is 18.8. The third-order valence-electron chi connectivity index (χ3n) is 4.84. The first kappa shape index (κ1) is 27.0. The van der Waals surface area contributed by atoms with Crippen LogP contribution in [0.2, 0.25) is 0 Å². The highest BCUT2D eigenvalue weighted by molar-refractivity contribution is 6.17. The van der Waals surface area contributed by atoms with Gasteiger partial charge in [-0.05, 0) is 29.8 Å². The van der Waals surface area contributed by atoms with Crippen molar-refractivity contribution < 1.29 is 31.1 Å². The summed E-state index contributed by atoms with van der Waals surface area (Å²) in [6.07, 6.45) is -2.61. The Kier molecular flexibility index (Phi) is 8.24. The highest BCUT2D eigenvalue weighted by Gasteiger charge is 2.36. The molecule has 2 aromatic heterocycles. The van der Waals surface area contributed by atoms with Crippen molar-refractivity contribution in [1.29, 1.82) is 0 Å². The summed E-state index contributed by atoms with van der Waals surface area (Å²) in [5.41, 5.74) is -2.08. The second-order valence-electron chi connectivity index (χ2n) is 7.13. The SMILES string of the molecule is CC.O=c1ncn(Cc2c(F)cc(F)cc2F)c2ccc(Oc3ncc(CCl)cc3C(F)(F)F)cc12. The van der Waals surface area contributed by atoms with Crippen LogP contribution in [0.25, 0.3) is 10.9 Å². The third kappa shape index (κ3) is 5.78. The van der Waals surface area contributed by atoms with Gasteiger partial charge >= 0.3 is 6.18 Å². The van der Waals surface area contributed by atoms with E-state index in [2.05, 4.69) is 9.97 Å². The molecule has 0 aliphatic rings. The van der Waals surface area contributed by atoms with Gasteiger partial charge in [-0.2, -0.15) is 18.2 Å². The van der Waals surface area contributed by atoms with Crippen molar-refractivity contribution in [3.63, 3.8) is 0 Å². The predicted molar refractivity (Wildman–Crippen MR) is 122 cm³/mol. The van der Waals surface area contributed by atoms with Crippen molar-refractivity contribution >= 4 is 22.5 Å². The Morgan fingerprint density at radius 3 is 2.28 bits per heavy atom. The highest BCUT2D eigenvalue weighted by atomic mass is 35.5. The molecule has 0 amide bonds. The zero-order valence-corrected chi connectivity index (χ0v) is 19.6. The monoisotopic (exact) mass is 529 g/mol. The first-order valence-electron chi connectivity index (χ1n) is 10.5. The first-order chi connectivity index (χ1) is 17.1. The minimum absolute atomic E-state index is 0.0890. The molecule has 2 aromatic carbocycles. The molecule has 5 nitrogen and oxygen atoms in total. The van der Waals surface area contributed by atoms with Crippen LogP contribution in [0.5, 0.6) is 11.6 Å². The van der Waals surface area contributed by atoms with Crippen LogP contribution in [0, 0.1) is 17.5 Å². The van der Waals surface area contributed by atoms with E-state index < -0.39 is 52.7 Å². The molecule has 0 unspecified atom stereocenters. The zero-order chi connectivity index (χ0) is 26.6. The lowest BCUT2D eigenvalue weighted by atomic mass is 10.1. The molecule has 0 atom stereocenters. The average Bonchev–Trinajstić information content (AvgIpc) is 2.83. The van der Waals surface area contributed by atoms with Crippen LogP contribution in [-0.2, 0) is 18.6 Å². The summed E-state index contributed by atoms with van der Waals surface area (Å²) in [6.45, 7) is 3.57. The number of fused-ring (bicyclic) bond motifs is 1. The molecule has 12 heteroatoms. The lowest BCUT2D eigenvalue weighted by Crippen LogP contribution is -2.14. The normalized spacial score (nSPS) is 11.2. The number of aromatic nitrogens is 3. The molecule has 36 heavy (non-hydrogen) atoms. The van der Waals surface area contributed by atoms with Gasteiger partial charge in [-0.25, -0.2) is 18.2 Å². The smallest absolute Gasteiger partial charge is 0.421 e. The Morgan fingerprint density at radius 1 is 1.00 bits per heavy atom. The van der Waals surface area contributed by atoms with Crippen LogP contribution >= 0.6 is 11.6 Å². The summed E-state index contributed by atoms with van der Waals surface area (Å²) in [5, 5.41) is -0.0890. The van der Waals surface area contributed by atoms with Crippen molar-refractivity contribution in [2.24, 2.45) is 0 Å². The minimum Gasteiger partial charge on any atom is -0.438 e. The summed E-state index contributed by atoms with van der Waals surface area (Å²) in [5.74, 6) is -4.44. The fraction of sp³-hybridized carbons (Fsp3) is 0.208. The Labute approximate surface area is 205 Å². The molecule has 4 aromatic rings. The van der Waals surface area contributed by atoms with Gasteiger partial charge in [0.2, 0.25) is 5.88 Å². The second-order valence-corrected chi connectivity index (χ2v) is 7.40. The maximum atomic E-state index is 14.1. The topological polar surface area (TPSA) is 57.0 Å². The van der Waals surface area contributed by atoms with Crippen LogP contribution in [0.1, 0.15) is 30.5 Å². The Balaban J connectivity index is 0.00000176. The summed E-state index contributed by atoms with van der Waals surface area (Å²) in [6, 6.07) is 5.54. The molecule has 0 aliphatic heterocycles. The number of benzene rings is 2. The van der Waals surface area contributed by atoms with Gasteiger partial charge in [0.1, 0.15) is 28.8 Å². The van der Waals surface area contributed by atoms with E-state index >= 15 is 0 Å². The van der Waals surface area contributed by atoms with E-state index in [4.69, 9.17) is 16.3 Å². The first-order valence-corrected chi connectivity index (χ1v) is 11.0. The van der Waals surface area contributed by atoms with Crippen LogP contribution in [0.3, 0.4) is 0 Å². The number of alkyl halides is 4. The van der Waals surface area contributed by atoms with Crippen molar-refractivity contribution in [3.05, 3.63) is 93.4 Å². The van der Waals surface area contributed by atoms with Gasteiger partial charge in [0.25, 0.3) is 5.56 Å². The number of hydrogen-bond donors (Lipinski definition) is 0. The number of halogens is 7. The molecular formula is C24H18ClF6N3O2. The fourth-order valence-electron chi connectivity index (χ4n) is 3.24. The quantitative estimate of drug-likeness (QED) is 0.210. The molecule has 0 radical (unpaired) electrons. The van der Waals surface area contributed by atoms with E-state index in [0.29, 0.717) is 12.1 Å². The summed E-state index contributed by atoms with van der Waals surface area (Å²) >= 11 is 5.59. The van der Waals surface area contributed by atoms with Crippen LogP contribution < -0.4 is 10.3 Å².